The van der Waals surface area contributed by atoms with Crippen molar-refractivity contribution in [1.29, 1.82) is 0 Å². The largest absolute Gasteiger partial charge is 0.464 e. The summed E-state index contributed by atoms with van der Waals surface area (Å²) < 4.78 is 7.56. The first-order valence-corrected chi connectivity index (χ1v) is 10.9. The van der Waals surface area contributed by atoms with Gasteiger partial charge in [0.2, 0.25) is 0 Å². The number of carbonyl (C=O) groups is 1. The highest BCUT2D eigenvalue weighted by molar-refractivity contribution is 5.97. The van der Waals surface area contributed by atoms with Crippen molar-refractivity contribution in [1.82, 2.24) is 9.55 Å². The van der Waals surface area contributed by atoms with Gasteiger partial charge in [0.25, 0.3) is 0 Å². The summed E-state index contributed by atoms with van der Waals surface area (Å²) in [5, 5.41) is 14.2. The molecule has 0 spiro atoms. The molecule has 0 amide bonds. The Labute approximate surface area is 195 Å². The van der Waals surface area contributed by atoms with E-state index < -0.39 is 6.09 Å². The van der Waals surface area contributed by atoms with Gasteiger partial charge in [-0.25, -0.2) is 4.79 Å². The van der Waals surface area contributed by atoms with Gasteiger partial charge in [-0.15, -0.1) is 0 Å². The van der Waals surface area contributed by atoms with E-state index in [9.17, 15) is 14.7 Å². The van der Waals surface area contributed by atoms with Gasteiger partial charge in [0, 0.05) is 46.4 Å². The lowest BCUT2D eigenvalue weighted by Gasteiger charge is -2.19. The number of rotatable bonds is 4. The minimum atomic E-state index is -1.04. The lowest BCUT2D eigenvalue weighted by Crippen LogP contribution is -2.12. The molecule has 5 rings (SSSR count). The van der Waals surface area contributed by atoms with Gasteiger partial charge in [0.1, 0.15) is 11.3 Å². The van der Waals surface area contributed by atoms with Crippen LogP contribution in [-0.2, 0) is 0 Å². The van der Waals surface area contributed by atoms with Gasteiger partial charge < -0.3 is 14.8 Å². The Hall–Kier alpha value is -4.39. The minimum Gasteiger partial charge on any atom is -0.464 e. The number of aryl methyl sites for hydroxylation is 1. The Morgan fingerprint density at radius 1 is 1.12 bits per heavy atom. The standard InChI is InChI=1S/C27H23N3O4/c1-15-12-20(17(3)29-22-7-4-8-23-19(22)9-11-30(23)27(32)33)26-21(13-15)24(31)16(2)25(34-26)18-6-5-10-28-14-18/h4-14,17,29H,1-3H3,(H,32,33). The van der Waals surface area contributed by atoms with E-state index in [2.05, 4.69) is 10.3 Å². The highest BCUT2D eigenvalue weighted by Crippen LogP contribution is 2.33. The first kappa shape index (κ1) is 21.5. The van der Waals surface area contributed by atoms with E-state index in [1.807, 2.05) is 50.2 Å². The predicted molar refractivity (Wildman–Crippen MR) is 133 cm³/mol. The van der Waals surface area contributed by atoms with Crippen LogP contribution in [0.15, 0.2) is 76.3 Å². The van der Waals surface area contributed by atoms with Crippen LogP contribution >= 0.6 is 0 Å². The first-order chi connectivity index (χ1) is 16.3. The average molecular weight is 453 g/mol. The maximum Gasteiger partial charge on any atom is 0.416 e. The molecule has 0 bridgehead atoms. The van der Waals surface area contributed by atoms with E-state index in [1.165, 1.54) is 10.8 Å². The molecule has 2 N–H and O–H groups in total. The van der Waals surface area contributed by atoms with Gasteiger partial charge in [0.05, 0.1) is 16.9 Å². The second-order valence-electron chi connectivity index (χ2n) is 8.43. The summed E-state index contributed by atoms with van der Waals surface area (Å²) in [4.78, 5) is 29.0. The van der Waals surface area contributed by atoms with E-state index in [-0.39, 0.29) is 11.5 Å². The molecule has 0 radical (unpaired) electrons. The van der Waals surface area contributed by atoms with Crippen LogP contribution < -0.4 is 10.7 Å². The topological polar surface area (TPSA) is 97.4 Å². The van der Waals surface area contributed by atoms with Crippen molar-refractivity contribution in [2.75, 3.05) is 5.32 Å². The van der Waals surface area contributed by atoms with Crippen LogP contribution in [-0.4, -0.2) is 20.8 Å². The summed E-state index contributed by atoms with van der Waals surface area (Å²) in [5.41, 5.74) is 4.91. The van der Waals surface area contributed by atoms with Crippen LogP contribution in [0.3, 0.4) is 0 Å². The molecule has 3 heterocycles. The second kappa shape index (κ2) is 8.19. The fraction of sp³-hybridized carbons (Fsp3) is 0.148. The van der Waals surface area contributed by atoms with Gasteiger partial charge in [-0.3, -0.25) is 14.3 Å². The third-order valence-corrected chi connectivity index (χ3v) is 6.09. The zero-order valence-corrected chi connectivity index (χ0v) is 19.0. The normalized spacial score (nSPS) is 12.2. The van der Waals surface area contributed by atoms with Crippen molar-refractivity contribution >= 4 is 33.7 Å². The Bertz CT molecular complexity index is 1620. The number of aromatic nitrogens is 2. The Morgan fingerprint density at radius 3 is 2.68 bits per heavy atom. The molecule has 5 aromatic rings. The molecule has 3 aromatic heterocycles. The Balaban J connectivity index is 1.65. The number of benzene rings is 2. The second-order valence-corrected chi connectivity index (χ2v) is 8.43. The number of pyridine rings is 1. The number of hydrogen-bond donors (Lipinski definition) is 2. The molecule has 0 fully saturated rings. The zero-order valence-electron chi connectivity index (χ0n) is 19.0. The van der Waals surface area contributed by atoms with Crippen LogP contribution in [0, 0.1) is 13.8 Å². The van der Waals surface area contributed by atoms with Gasteiger partial charge in [0.15, 0.2) is 5.43 Å². The van der Waals surface area contributed by atoms with Crippen LogP contribution in [0.1, 0.15) is 29.7 Å². The van der Waals surface area contributed by atoms with Gasteiger partial charge >= 0.3 is 6.09 Å². The van der Waals surface area contributed by atoms with Crippen molar-refractivity contribution in [2.24, 2.45) is 0 Å². The number of nitrogens with one attached hydrogen (secondary N) is 1. The molecular weight excluding hydrogens is 430 g/mol. The summed E-state index contributed by atoms with van der Waals surface area (Å²) in [6, 6.07) is 14.6. The number of hydrogen-bond acceptors (Lipinski definition) is 5. The summed E-state index contributed by atoms with van der Waals surface area (Å²) in [6.07, 6.45) is 3.86. The van der Waals surface area contributed by atoms with Crippen molar-refractivity contribution in [3.8, 4) is 11.3 Å². The molecule has 0 aliphatic carbocycles. The zero-order chi connectivity index (χ0) is 24.0. The molecule has 0 aliphatic heterocycles. The number of anilines is 1. The van der Waals surface area contributed by atoms with Crippen LogP contribution in [0.4, 0.5) is 10.5 Å². The van der Waals surface area contributed by atoms with Gasteiger partial charge in [-0.05, 0) is 62.7 Å². The smallest absolute Gasteiger partial charge is 0.416 e. The molecule has 0 aliphatic rings. The minimum absolute atomic E-state index is 0.0714. The number of nitrogens with zero attached hydrogens (tertiary/aromatic N) is 2. The van der Waals surface area contributed by atoms with Crippen LogP contribution in [0.2, 0.25) is 0 Å². The maximum absolute atomic E-state index is 13.3. The molecule has 7 heteroatoms. The van der Waals surface area contributed by atoms with Crippen molar-refractivity contribution in [3.63, 3.8) is 0 Å². The van der Waals surface area contributed by atoms with E-state index >= 15 is 0 Å². The Morgan fingerprint density at radius 2 is 1.94 bits per heavy atom. The molecule has 1 atom stereocenters. The fourth-order valence-electron chi connectivity index (χ4n) is 4.43. The van der Waals surface area contributed by atoms with Crippen molar-refractivity contribution in [3.05, 3.63) is 94.0 Å². The molecule has 170 valence electrons. The van der Waals surface area contributed by atoms with E-state index in [4.69, 9.17) is 4.42 Å². The van der Waals surface area contributed by atoms with E-state index in [1.54, 1.807) is 31.5 Å². The summed E-state index contributed by atoms with van der Waals surface area (Å²) in [6.45, 7) is 5.71. The summed E-state index contributed by atoms with van der Waals surface area (Å²) in [7, 11) is 0. The third-order valence-electron chi connectivity index (χ3n) is 6.09. The summed E-state index contributed by atoms with van der Waals surface area (Å²) >= 11 is 0. The lowest BCUT2D eigenvalue weighted by molar-refractivity contribution is 0.197. The molecular formula is C27H23N3O4. The maximum atomic E-state index is 13.3. The average Bonchev–Trinajstić information content (AvgIpc) is 3.27. The highest BCUT2D eigenvalue weighted by Gasteiger charge is 2.20. The van der Waals surface area contributed by atoms with Crippen LogP contribution in [0.5, 0.6) is 0 Å². The number of carboxylic acid groups (broad SMARTS) is 1. The first-order valence-electron chi connectivity index (χ1n) is 10.9. The van der Waals surface area contributed by atoms with E-state index in [0.717, 1.165) is 27.8 Å². The molecule has 0 saturated carbocycles. The van der Waals surface area contributed by atoms with Crippen molar-refractivity contribution < 1.29 is 14.3 Å². The predicted octanol–water partition coefficient (Wildman–Crippen LogP) is 6.13. The van der Waals surface area contributed by atoms with Gasteiger partial charge in [-0.2, -0.15) is 0 Å². The quantitative estimate of drug-likeness (QED) is 0.340. The Kier molecular flexibility index (Phi) is 5.17. The lowest BCUT2D eigenvalue weighted by atomic mass is 9.99. The molecule has 7 nitrogen and oxygen atoms in total. The SMILES string of the molecule is Cc1cc(C(C)Nc2cccc3c2ccn3C(=O)O)c2oc(-c3cccnc3)c(C)c(=O)c2c1. The third kappa shape index (κ3) is 3.51. The summed E-state index contributed by atoms with van der Waals surface area (Å²) in [5.74, 6) is 0.503. The van der Waals surface area contributed by atoms with Crippen molar-refractivity contribution in [2.45, 2.75) is 26.8 Å². The van der Waals surface area contributed by atoms with E-state index in [0.29, 0.717) is 27.8 Å². The molecule has 1 unspecified atom stereocenters. The molecule has 0 saturated heterocycles. The van der Waals surface area contributed by atoms with Gasteiger partial charge in [-0.1, -0.05) is 12.1 Å². The molecule has 2 aromatic carbocycles. The van der Waals surface area contributed by atoms with Crippen LogP contribution in [0.25, 0.3) is 33.2 Å². The fourth-order valence-corrected chi connectivity index (χ4v) is 4.43. The molecule has 34 heavy (non-hydrogen) atoms. The monoisotopic (exact) mass is 453 g/mol. The number of fused-ring (bicyclic) bond motifs is 2. The highest BCUT2D eigenvalue weighted by atomic mass is 16.4.